The van der Waals surface area contributed by atoms with Gasteiger partial charge in [0, 0.05) is 10.9 Å². The Kier molecular flexibility index (Phi) is 1.72. The van der Waals surface area contributed by atoms with E-state index in [4.69, 9.17) is 4.98 Å². The van der Waals surface area contributed by atoms with Crippen molar-refractivity contribution in [3.05, 3.63) is 42.5 Å². The van der Waals surface area contributed by atoms with Gasteiger partial charge in [0.25, 0.3) is 0 Å². The molecule has 0 bridgehead atoms. The molecule has 2 nitrogen and oxygen atoms in total. The molecule has 4 aromatic rings. The quantitative estimate of drug-likeness (QED) is 0.469. The van der Waals surface area contributed by atoms with Gasteiger partial charge in [-0.25, -0.2) is 4.98 Å². The number of imidazole rings is 1. The minimum atomic E-state index is 1.07. The van der Waals surface area contributed by atoms with E-state index in [0.717, 1.165) is 10.7 Å². The molecule has 3 heteroatoms. The van der Waals surface area contributed by atoms with Crippen LogP contribution in [0.1, 0.15) is 0 Å². The minimum Gasteiger partial charge on any atom is -0.292 e. The lowest BCUT2D eigenvalue weighted by Gasteiger charge is -2.00. The van der Waals surface area contributed by atoms with Crippen LogP contribution in [0.15, 0.2) is 47.5 Å². The second-order valence-electron chi connectivity index (χ2n) is 4.16. The first-order valence-corrected chi connectivity index (χ1v) is 6.77. The average Bonchev–Trinajstić information content (AvgIpc) is 2.94. The van der Waals surface area contributed by atoms with Gasteiger partial charge in [-0.1, -0.05) is 24.3 Å². The molecule has 82 valence electrons. The number of aromatic nitrogens is 2. The summed E-state index contributed by atoms with van der Waals surface area (Å²) in [5.74, 6) is 0. The van der Waals surface area contributed by atoms with Crippen LogP contribution in [-0.4, -0.2) is 15.6 Å². The Bertz CT molecular complexity index is 832. The fourth-order valence-corrected chi connectivity index (χ4v) is 3.03. The molecule has 0 aliphatic carbocycles. The molecule has 0 saturated heterocycles. The lowest BCUT2D eigenvalue weighted by molar-refractivity contribution is 1.27. The predicted molar refractivity (Wildman–Crippen MR) is 73.2 cm³/mol. The first-order chi connectivity index (χ1) is 8.38. The van der Waals surface area contributed by atoms with Gasteiger partial charge in [0.1, 0.15) is 10.7 Å². The second-order valence-corrected chi connectivity index (χ2v) is 4.95. The molecular formula is C14H10N2S. The molecule has 0 radical (unpaired) electrons. The van der Waals surface area contributed by atoms with Crippen LogP contribution in [0.4, 0.5) is 0 Å². The fraction of sp³-hybridized carbons (Fsp3) is 0.0714. The van der Waals surface area contributed by atoms with Gasteiger partial charge in [0.05, 0.1) is 5.52 Å². The van der Waals surface area contributed by atoms with Gasteiger partial charge in [-0.3, -0.25) is 4.40 Å². The Labute approximate surface area is 103 Å². The molecule has 0 fully saturated rings. The van der Waals surface area contributed by atoms with E-state index in [1.807, 2.05) is 0 Å². The van der Waals surface area contributed by atoms with E-state index < -0.39 is 0 Å². The van der Waals surface area contributed by atoms with Crippen molar-refractivity contribution in [1.29, 1.82) is 0 Å². The highest BCUT2D eigenvalue weighted by Crippen LogP contribution is 2.31. The van der Waals surface area contributed by atoms with Crippen molar-refractivity contribution in [2.24, 2.45) is 0 Å². The van der Waals surface area contributed by atoms with Crippen LogP contribution in [0.5, 0.6) is 0 Å². The van der Waals surface area contributed by atoms with Gasteiger partial charge in [0.15, 0.2) is 0 Å². The van der Waals surface area contributed by atoms with Gasteiger partial charge >= 0.3 is 0 Å². The van der Waals surface area contributed by atoms with Crippen molar-refractivity contribution < 1.29 is 0 Å². The summed E-state index contributed by atoms with van der Waals surface area (Å²) in [7, 11) is 0. The van der Waals surface area contributed by atoms with Gasteiger partial charge in [-0.15, -0.1) is 11.8 Å². The molecule has 0 aliphatic heterocycles. The van der Waals surface area contributed by atoms with Crippen molar-refractivity contribution in [1.82, 2.24) is 9.38 Å². The SMILES string of the molecule is CSc1nc2c3ccccc3cc3ccc1n32. The number of fused-ring (bicyclic) bond motifs is 2. The summed E-state index contributed by atoms with van der Waals surface area (Å²) in [6, 6.07) is 15.0. The third-order valence-electron chi connectivity index (χ3n) is 3.25. The van der Waals surface area contributed by atoms with Gasteiger partial charge < -0.3 is 0 Å². The highest BCUT2D eigenvalue weighted by atomic mass is 32.2. The van der Waals surface area contributed by atoms with E-state index in [1.54, 1.807) is 11.8 Å². The highest BCUT2D eigenvalue weighted by molar-refractivity contribution is 7.98. The van der Waals surface area contributed by atoms with E-state index >= 15 is 0 Å². The lowest BCUT2D eigenvalue weighted by Crippen LogP contribution is -1.85. The van der Waals surface area contributed by atoms with Crippen LogP contribution >= 0.6 is 11.8 Å². The maximum atomic E-state index is 4.75. The normalized spacial score (nSPS) is 12.1. The topological polar surface area (TPSA) is 17.3 Å². The van der Waals surface area contributed by atoms with Crippen molar-refractivity contribution in [3.63, 3.8) is 0 Å². The third-order valence-corrected chi connectivity index (χ3v) is 3.93. The number of rotatable bonds is 1. The molecule has 3 heterocycles. The zero-order chi connectivity index (χ0) is 11.4. The summed E-state index contributed by atoms with van der Waals surface area (Å²) in [6.45, 7) is 0. The standard InChI is InChI=1S/C14H10N2S/c1-17-14-12-7-6-10-8-9-4-2-3-5-11(9)13(15-14)16(10)12/h2-8H,1H3. The van der Waals surface area contributed by atoms with Crippen LogP contribution in [0.3, 0.4) is 0 Å². The lowest BCUT2D eigenvalue weighted by atomic mass is 10.1. The Morgan fingerprint density at radius 1 is 1.12 bits per heavy atom. The molecule has 0 saturated carbocycles. The minimum absolute atomic E-state index is 1.07. The van der Waals surface area contributed by atoms with Crippen molar-refractivity contribution >= 4 is 39.2 Å². The number of hydrogen-bond acceptors (Lipinski definition) is 2. The maximum absolute atomic E-state index is 4.75. The molecular weight excluding hydrogens is 228 g/mol. The van der Waals surface area contributed by atoms with Crippen LogP contribution in [0, 0.1) is 0 Å². The second kappa shape index (κ2) is 3.14. The Morgan fingerprint density at radius 3 is 2.88 bits per heavy atom. The molecule has 0 N–H and O–H groups in total. The first kappa shape index (κ1) is 9.31. The number of hydrogen-bond donors (Lipinski definition) is 0. The summed E-state index contributed by atoms with van der Waals surface area (Å²) in [5.41, 5.74) is 3.51. The summed E-state index contributed by atoms with van der Waals surface area (Å²) in [5, 5.41) is 3.59. The average molecular weight is 238 g/mol. The van der Waals surface area contributed by atoms with E-state index in [9.17, 15) is 0 Å². The van der Waals surface area contributed by atoms with Gasteiger partial charge in [-0.05, 0) is 29.8 Å². The number of pyridine rings is 1. The fourth-order valence-electron chi connectivity index (χ4n) is 2.49. The molecule has 0 unspecified atom stereocenters. The highest BCUT2D eigenvalue weighted by Gasteiger charge is 2.13. The molecule has 0 aliphatic rings. The molecule has 0 amide bonds. The Hall–Kier alpha value is -1.74. The molecule has 3 aromatic heterocycles. The van der Waals surface area contributed by atoms with Crippen LogP contribution in [-0.2, 0) is 0 Å². The maximum Gasteiger partial charge on any atom is 0.146 e. The van der Waals surface area contributed by atoms with E-state index in [2.05, 4.69) is 53.1 Å². The van der Waals surface area contributed by atoms with Gasteiger partial charge in [0.2, 0.25) is 0 Å². The zero-order valence-electron chi connectivity index (χ0n) is 9.34. The summed E-state index contributed by atoms with van der Waals surface area (Å²) in [4.78, 5) is 4.75. The predicted octanol–water partition coefficient (Wildman–Crippen LogP) is 3.80. The molecule has 17 heavy (non-hydrogen) atoms. The Morgan fingerprint density at radius 2 is 2.00 bits per heavy atom. The summed E-state index contributed by atoms with van der Waals surface area (Å²) < 4.78 is 2.24. The smallest absolute Gasteiger partial charge is 0.146 e. The van der Waals surface area contributed by atoms with E-state index in [1.165, 1.54) is 21.8 Å². The summed E-state index contributed by atoms with van der Waals surface area (Å²) in [6.07, 6.45) is 2.08. The van der Waals surface area contributed by atoms with Crippen LogP contribution in [0.2, 0.25) is 0 Å². The zero-order valence-corrected chi connectivity index (χ0v) is 10.2. The van der Waals surface area contributed by atoms with E-state index in [-0.39, 0.29) is 0 Å². The summed E-state index contributed by atoms with van der Waals surface area (Å²) >= 11 is 1.70. The van der Waals surface area contributed by atoms with Crippen molar-refractivity contribution in [2.45, 2.75) is 5.03 Å². The number of thioether (sulfide) groups is 1. The number of nitrogens with zero attached hydrogens (tertiary/aromatic N) is 2. The van der Waals surface area contributed by atoms with Crippen LogP contribution < -0.4 is 0 Å². The third kappa shape index (κ3) is 1.09. The van der Waals surface area contributed by atoms with Gasteiger partial charge in [-0.2, -0.15) is 0 Å². The molecule has 1 aromatic carbocycles. The van der Waals surface area contributed by atoms with Crippen molar-refractivity contribution in [2.75, 3.05) is 6.26 Å². The largest absolute Gasteiger partial charge is 0.292 e. The molecule has 4 rings (SSSR count). The monoisotopic (exact) mass is 238 g/mol. The first-order valence-electron chi connectivity index (χ1n) is 5.55. The molecule has 0 spiro atoms. The van der Waals surface area contributed by atoms with E-state index in [0.29, 0.717) is 0 Å². The number of benzene rings is 1. The molecule has 0 atom stereocenters. The van der Waals surface area contributed by atoms with Crippen molar-refractivity contribution in [3.8, 4) is 0 Å². The van der Waals surface area contributed by atoms with Crippen LogP contribution in [0.25, 0.3) is 27.5 Å². The Balaban J connectivity index is 2.36.